The van der Waals surface area contributed by atoms with E-state index in [1.807, 2.05) is 6.92 Å². The fourth-order valence-corrected chi connectivity index (χ4v) is 2.13. The molecule has 0 spiro atoms. The summed E-state index contributed by atoms with van der Waals surface area (Å²) >= 11 is 0. The fraction of sp³-hybridized carbons (Fsp3) is 0.333. The van der Waals surface area contributed by atoms with Gasteiger partial charge in [0.1, 0.15) is 12.1 Å². The highest BCUT2D eigenvalue weighted by Crippen LogP contribution is 2.26. The van der Waals surface area contributed by atoms with Crippen LogP contribution in [0.5, 0.6) is 0 Å². The Bertz CT molecular complexity index is 675. The molecule has 6 heteroatoms. The van der Waals surface area contributed by atoms with E-state index in [9.17, 15) is 14.4 Å². The third kappa shape index (κ3) is 2.50. The highest BCUT2D eigenvalue weighted by Gasteiger charge is 2.41. The fourth-order valence-electron chi connectivity index (χ4n) is 2.13. The van der Waals surface area contributed by atoms with Gasteiger partial charge in [-0.05, 0) is 32.9 Å². The molecule has 1 aliphatic heterocycles. The first kappa shape index (κ1) is 14.7. The number of carbonyl (C=O) groups is 3. The van der Waals surface area contributed by atoms with E-state index in [0.717, 1.165) is 10.5 Å². The van der Waals surface area contributed by atoms with Crippen LogP contribution >= 0.6 is 0 Å². The zero-order valence-corrected chi connectivity index (χ0v) is 11.9. The molecular formula is C15H14N2O4. The normalized spacial score (nSPS) is 16.2. The van der Waals surface area contributed by atoms with Gasteiger partial charge in [0.25, 0.3) is 11.8 Å². The SMILES string of the molecule is Cc1ccc2c(c1)C(=O)N(C(C)C(=O)OC(C)C#N)C2=O. The topological polar surface area (TPSA) is 87.5 Å². The summed E-state index contributed by atoms with van der Waals surface area (Å²) in [5.41, 5.74) is 1.41. The third-order valence-electron chi connectivity index (χ3n) is 3.28. The van der Waals surface area contributed by atoms with Gasteiger partial charge in [-0.3, -0.25) is 14.5 Å². The Morgan fingerprint density at radius 3 is 2.48 bits per heavy atom. The lowest BCUT2D eigenvalue weighted by atomic mass is 10.1. The van der Waals surface area contributed by atoms with Gasteiger partial charge in [-0.2, -0.15) is 5.26 Å². The van der Waals surface area contributed by atoms with Crippen molar-refractivity contribution in [1.82, 2.24) is 4.90 Å². The molecule has 1 aromatic rings. The number of aryl methyl sites for hydroxylation is 1. The number of benzene rings is 1. The van der Waals surface area contributed by atoms with Crippen LogP contribution < -0.4 is 0 Å². The Kier molecular flexibility index (Phi) is 3.76. The average molecular weight is 286 g/mol. The minimum atomic E-state index is -1.08. The minimum absolute atomic E-state index is 0.276. The molecular weight excluding hydrogens is 272 g/mol. The summed E-state index contributed by atoms with van der Waals surface area (Å²) in [5, 5.41) is 8.63. The maximum Gasteiger partial charge on any atom is 0.330 e. The summed E-state index contributed by atoms with van der Waals surface area (Å²) < 4.78 is 4.85. The number of amides is 2. The Hall–Kier alpha value is -2.68. The Labute approximate surface area is 121 Å². The number of nitrogens with zero attached hydrogens (tertiary/aromatic N) is 2. The van der Waals surface area contributed by atoms with E-state index in [2.05, 4.69) is 0 Å². The van der Waals surface area contributed by atoms with Crippen LogP contribution in [0.15, 0.2) is 18.2 Å². The molecule has 0 aromatic heterocycles. The van der Waals surface area contributed by atoms with E-state index >= 15 is 0 Å². The highest BCUT2D eigenvalue weighted by atomic mass is 16.5. The summed E-state index contributed by atoms with van der Waals surface area (Å²) in [6, 6.07) is 5.60. The van der Waals surface area contributed by atoms with Crippen molar-refractivity contribution in [2.75, 3.05) is 0 Å². The second-order valence-electron chi connectivity index (χ2n) is 4.91. The van der Waals surface area contributed by atoms with E-state index in [1.54, 1.807) is 24.3 Å². The molecule has 1 heterocycles. The summed E-state index contributed by atoms with van der Waals surface area (Å²) in [4.78, 5) is 37.3. The van der Waals surface area contributed by atoms with Crippen LogP contribution in [0.4, 0.5) is 0 Å². The summed E-state index contributed by atoms with van der Waals surface area (Å²) in [7, 11) is 0. The number of hydrogen-bond donors (Lipinski definition) is 0. The first-order valence-corrected chi connectivity index (χ1v) is 6.45. The standard InChI is InChI=1S/C15H14N2O4/c1-8-4-5-11-12(6-8)14(19)17(13(11)18)10(3)15(20)21-9(2)7-16/h4-6,9-10H,1-3H3. The predicted molar refractivity (Wildman–Crippen MR) is 72.3 cm³/mol. The molecule has 0 radical (unpaired) electrons. The van der Waals surface area contributed by atoms with Gasteiger partial charge in [0, 0.05) is 0 Å². The van der Waals surface area contributed by atoms with Crippen molar-refractivity contribution in [3.63, 3.8) is 0 Å². The number of imide groups is 1. The molecule has 6 nitrogen and oxygen atoms in total. The quantitative estimate of drug-likeness (QED) is 0.619. The van der Waals surface area contributed by atoms with E-state index in [-0.39, 0.29) is 11.1 Å². The summed E-state index contributed by atoms with van der Waals surface area (Å²) in [6.45, 7) is 4.63. The predicted octanol–water partition coefficient (Wildman–Crippen LogP) is 1.43. The lowest BCUT2D eigenvalue weighted by Crippen LogP contribution is -2.44. The smallest absolute Gasteiger partial charge is 0.330 e. The number of ether oxygens (including phenoxy) is 1. The molecule has 1 aliphatic rings. The molecule has 2 atom stereocenters. The third-order valence-corrected chi connectivity index (χ3v) is 3.28. The van der Waals surface area contributed by atoms with Gasteiger partial charge in [-0.1, -0.05) is 11.6 Å². The maximum absolute atomic E-state index is 12.3. The number of carbonyl (C=O) groups excluding carboxylic acids is 3. The molecule has 0 saturated heterocycles. The number of nitriles is 1. The molecule has 0 aliphatic carbocycles. The van der Waals surface area contributed by atoms with Crippen LogP contribution in [0.2, 0.25) is 0 Å². The van der Waals surface area contributed by atoms with Gasteiger partial charge >= 0.3 is 5.97 Å². The van der Waals surface area contributed by atoms with Gasteiger partial charge < -0.3 is 4.74 Å². The molecule has 0 bridgehead atoms. The van der Waals surface area contributed by atoms with Gasteiger partial charge in [0.15, 0.2) is 6.10 Å². The van der Waals surface area contributed by atoms with Gasteiger partial charge in [-0.25, -0.2) is 4.79 Å². The first-order valence-electron chi connectivity index (χ1n) is 6.45. The van der Waals surface area contributed by atoms with Gasteiger partial charge in [0.05, 0.1) is 11.1 Å². The van der Waals surface area contributed by atoms with Gasteiger partial charge in [-0.15, -0.1) is 0 Å². The molecule has 108 valence electrons. The summed E-state index contributed by atoms with van der Waals surface area (Å²) in [5.74, 6) is -1.83. The van der Waals surface area contributed by atoms with Crippen molar-refractivity contribution in [3.8, 4) is 6.07 Å². The number of rotatable bonds is 3. The molecule has 2 unspecified atom stereocenters. The average Bonchev–Trinajstić information content (AvgIpc) is 2.69. The molecule has 21 heavy (non-hydrogen) atoms. The van der Waals surface area contributed by atoms with Crippen molar-refractivity contribution in [1.29, 1.82) is 5.26 Å². The summed E-state index contributed by atoms with van der Waals surface area (Å²) in [6.07, 6.45) is -0.933. The van der Waals surface area contributed by atoms with Crippen LogP contribution in [0.3, 0.4) is 0 Å². The number of hydrogen-bond acceptors (Lipinski definition) is 5. The van der Waals surface area contributed by atoms with Crippen LogP contribution in [0.25, 0.3) is 0 Å². The highest BCUT2D eigenvalue weighted by molar-refractivity contribution is 6.22. The lowest BCUT2D eigenvalue weighted by Gasteiger charge is -2.21. The number of esters is 1. The second-order valence-corrected chi connectivity index (χ2v) is 4.91. The van der Waals surface area contributed by atoms with Crippen molar-refractivity contribution >= 4 is 17.8 Å². The maximum atomic E-state index is 12.3. The number of fused-ring (bicyclic) bond motifs is 1. The van der Waals surface area contributed by atoms with Crippen molar-refractivity contribution in [2.45, 2.75) is 32.9 Å². The minimum Gasteiger partial charge on any atom is -0.446 e. The van der Waals surface area contributed by atoms with E-state index in [1.165, 1.54) is 13.8 Å². The monoisotopic (exact) mass is 286 g/mol. The zero-order chi connectivity index (χ0) is 15.7. The molecule has 0 fully saturated rings. The molecule has 2 amide bonds. The zero-order valence-electron chi connectivity index (χ0n) is 11.9. The Morgan fingerprint density at radius 2 is 1.86 bits per heavy atom. The molecule has 0 N–H and O–H groups in total. The van der Waals surface area contributed by atoms with Crippen LogP contribution in [0.1, 0.15) is 40.1 Å². The van der Waals surface area contributed by atoms with Crippen molar-refractivity contribution in [2.24, 2.45) is 0 Å². The van der Waals surface area contributed by atoms with Crippen LogP contribution in [0, 0.1) is 18.3 Å². The van der Waals surface area contributed by atoms with Crippen LogP contribution in [-0.4, -0.2) is 34.8 Å². The lowest BCUT2D eigenvalue weighted by molar-refractivity contribution is -0.150. The first-order chi connectivity index (χ1) is 9.86. The van der Waals surface area contributed by atoms with E-state index < -0.39 is 29.9 Å². The molecule has 0 saturated carbocycles. The molecule has 2 rings (SSSR count). The second kappa shape index (κ2) is 5.37. The van der Waals surface area contributed by atoms with Crippen LogP contribution in [-0.2, 0) is 9.53 Å². The Morgan fingerprint density at radius 1 is 1.24 bits per heavy atom. The largest absolute Gasteiger partial charge is 0.446 e. The van der Waals surface area contributed by atoms with E-state index in [0.29, 0.717) is 0 Å². The Balaban J connectivity index is 2.27. The van der Waals surface area contributed by atoms with Gasteiger partial charge in [0.2, 0.25) is 0 Å². The van der Waals surface area contributed by atoms with Crippen molar-refractivity contribution < 1.29 is 19.1 Å². The van der Waals surface area contributed by atoms with E-state index in [4.69, 9.17) is 10.00 Å². The molecule has 1 aromatic carbocycles. The van der Waals surface area contributed by atoms with Crippen molar-refractivity contribution in [3.05, 3.63) is 34.9 Å².